The second-order valence-electron chi connectivity index (χ2n) is 6.69. The van der Waals surface area contributed by atoms with E-state index in [9.17, 15) is 30.0 Å². The highest BCUT2D eigenvalue weighted by Gasteiger charge is 2.48. The van der Waals surface area contributed by atoms with Crippen molar-refractivity contribution in [3.8, 4) is 11.5 Å². The van der Waals surface area contributed by atoms with Crippen molar-refractivity contribution >= 4 is 31.0 Å². The summed E-state index contributed by atoms with van der Waals surface area (Å²) in [6, 6.07) is 13.1. The Kier molecular flexibility index (Phi) is 8.83. The van der Waals surface area contributed by atoms with Crippen molar-refractivity contribution in [1.82, 2.24) is 4.98 Å². The Labute approximate surface area is 194 Å². The molecule has 0 aliphatic carbocycles. The smallest absolute Gasteiger partial charge is 0.467 e. The Balaban J connectivity index is 0.000000739. The number of nitrogens with zero attached hydrogens (tertiary/aromatic N) is 1. The van der Waals surface area contributed by atoms with Crippen molar-refractivity contribution in [2.75, 3.05) is 20.2 Å². The van der Waals surface area contributed by atoms with Crippen LogP contribution in [0.5, 0.6) is 11.5 Å². The molecule has 0 radical (unpaired) electrons. The molecule has 0 saturated heterocycles. The van der Waals surface area contributed by atoms with Crippen LogP contribution in [0, 0.1) is 0 Å². The second-order valence-corrected chi connectivity index (χ2v) is 9.70. The fourth-order valence-electron chi connectivity index (χ4n) is 2.67. The number of fused-ring (bicyclic) bond motifs is 1. The van der Waals surface area contributed by atoms with Crippen LogP contribution < -0.4 is 8.92 Å². The fraction of sp³-hybridized carbons (Fsp3) is 0.250. The number of benzene rings is 2. The van der Waals surface area contributed by atoms with Crippen molar-refractivity contribution in [2.24, 2.45) is 0 Å². The largest absolute Gasteiger partial charge is 0.534 e. The van der Waals surface area contributed by atoms with Gasteiger partial charge in [0.25, 0.3) is 10.1 Å². The molecule has 34 heavy (non-hydrogen) atoms. The molecule has 3 rings (SSSR count). The van der Waals surface area contributed by atoms with Gasteiger partial charge in [-0.1, -0.05) is 30.3 Å². The fourth-order valence-corrected chi connectivity index (χ4v) is 3.12. The van der Waals surface area contributed by atoms with Crippen LogP contribution in [-0.2, 0) is 31.4 Å². The molecule has 0 saturated carbocycles. The standard InChI is InChI=1S/C19H16F3NO5S.CH4O3S/c1-26-12-27-18-11-15(28-29(24,25)19(20,21)22)7-6-14(18)10-17-16-5-3-2-4-13(16)8-9-23-17;1-5(2,3)4/h2-9,11H,10,12H2,1H3;1H3,(H,2,3,4). The highest BCUT2D eigenvalue weighted by Crippen LogP contribution is 2.32. The Morgan fingerprint density at radius 1 is 1.03 bits per heavy atom. The second kappa shape index (κ2) is 11.0. The Morgan fingerprint density at radius 2 is 1.68 bits per heavy atom. The Bertz CT molecular complexity index is 1330. The van der Waals surface area contributed by atoms with Crippen LogP contribution in [0.3, 0.4) is 0 Å². The summed E-state index contributed by atoms with van der Waals surface area (Å²) in [6.45, 7) is -0.189. The van der Waals surface area contributed by atoms with Gasteiger partial charge >= 0.3 is 15.6 Å². The molecule has 0 aliphatic heterocycles. The minimum absolute atomic E-state index is 0.122. The molecule has 1 heterocycles. The molecule has 0 atom stereocenters. The van der Waals surface area contributed by atoms with E-state index in [1.54, 1.807) is 6.20 Å². The van der Waals surface area contributed by atoms with Gasteiger partial charge in [-0.05, 0) is 17.5 Å². The van der Waals surface area contributed by atoms with Gasteiger partial charge in [0, 0.05) is 36.7 Å². The van der Waals surface area contributed by atoms with E-state index in [0.717, 1.165) is 28.6 Å². The number of rotatable bonds is 7. The van der Waals surface area contributed by atoms with E-state index in [1.165, 1.54) is 13.2 Å². The molecular formula is C20H20F3NO8S2. The molecule has 3 aromatic rings. The maximum absolute atomic E-state index is 12.6. The third-order valence-corrected chi connectivity index (χ3v) is 4.95. The highest BCUT2D eigenvalue weighted by molar-refractivity contribution is 7.88. The van der Waals surface area contributed by atoms with Crippen molar-refractivity contribution in [2.45, 2.75) is 11.9 Å². The van der Waals surface area contributed by atoms with Gasteiger partial charge in [-0.25, -0.2) is 0 Å². The number of ether oxygens (including phenoxy) is 2. The summed E-state index contributed by atoms with van der Waals surface area (Å²) >= 11 is 0. The molecule has 186 valence electrons. The van der Waals surface area contributed by atoms with Gasteiger partial charge in [-0.3, -0.25) is 9.54 Å². The lowest BCUT2D eigenvalue weighted by molar-refractivity contribution is -0.0500. The molecule has 0 aliphatic rings. The molecule has 9 nitrogen and oxygen atoms in total. The molecular weight excluding hydrogens is 503 g/mol. The van der Waals surface area contributed by atoms with Crippen LogP contribution in [0.2, 0.25) is 0 Å². The average molecular weight is 524 g/mol. The topological polar surface area (TPSA) is 129 Å². The van der Waals surface area contributed by atoms with Gasteiger partial charge in [0.15, 0.2) is 6.79 Å². The first-order valence-corrected chi connectivity index (χ1v) is 12.5. The minimum Gasteiger partial charge on any atom is -0.467 e. The Morgan fingerprint density at radius 3 is 2.29 bits per heavy atom. The van der Waals surface area contributed by atoms with Crippen molar-refractivity contribution in [3.05, 3.63) is 66.0 Å². The molecule has 1 aromatic heterocycles. The number of halogens is 3. The predicted octanol–water partition coefficient (Wildman–Crippen LogP) is 3.54. The van der Waals surface area contributed by atoms with Crippen LogP contribution in [0.15, 0.2) is 54.7 Å². The summed E-state index contributed by atoms with van der Waals surface area (Å²) in [7, 11) is -8.08. The van der Waals surface area contributed by atoms with Gasteiger partial charge in [-0.15, -0.1) is 0 Å². The first kappa shape index (κ1) is 27.3. The SMILES string of the molecule is COCOc1cc(OS(=O)(=O)C(F)(F)F)ccc1Cc1nccc2ccccc12.CS(=O)(=O)O. The van der Waals surface area contributed by atoms with Crippen molar-refractivity contribution < 1.29 is 48.2 Å². The van der Waals surface area contributed by atoms with E-state index < -0.39 is 31.5 Å². The van der Waals surface area contributed by atoms with E-state index in [2.05, 4.69) is 9.17 Å². The van der Waals surface area contributed by atoms with E-state index in [4.69, 9.17) is 14.0 Å². The van der Waals surface area contributed by atoms with E-state index >= 15 is 0 Å². The Hall–Kier alpha value is -2.94. The normalized spacial score (nSPS) is 12.1. The maximum atomic E-state index is 12.6. The first-order chi connectivity index (χ1) is 15.7. The average Bonchev–Trinajstić information content (AvgIpc) is 2.71. The van der Waals surface area contributed by atoms with Gasteiger partial charge in [0.05, 0.1) is 11.9 Å². The van der Waals surface area contributed by atoms with Crippen LogP contribution >= 0.6 is 0 Å². The molecule has 1 N–H and O–H groups in total. The van der Waals surface area contributed by atoms with E-state index in [-0.39, 0.29) is 12.5 Å². The monoisotopic (exact) mass is 523 g/mol. The maximum Gasteiger partial charge on any atom is 0.534 e. The number of methoxy groups -OCH3 is 1. The third-order valence-electron chi connectivity index (χ3n) is 3.97. The zero-order valence-electron chi connectivity index (χ0n) is 17.8. The lowest BCUT2D eigenvalue weighted by Crippen LogP contribution is -2.28. The highest BCUT2D eigenvalue weighted by atomic mass is 32.2. The van der Waals surface area contributed by atoms with Crippen LogP contribution in [0.1, 0.15) is 11.3 Å². The summed E-state index contributed by atoms with van der Waals surface area (Å²) in [5, 5.41) is 1.89. The summed E-state index contributed by atoms with van der Waals surface area (Å²) < 4.78 is 100. The number of hydrogen-bond acceptors (Lipinski definition) is 8. The summed E-state index contributed by atoms with van der Waals surface area (Å²) in [5.41, 5.74) is -4.24. The molecule has 0 spiro atoms. The van der Waals surface area contributed by atoms with Gasteiger partial charge in [-0.2, -0.15) is 30.0 Å². The summed E-state index contributed by atoms with van der Waals surface area (Å²) in [4.78, 5) is 4.38. The summed E-state index contributed by atoms with van der Waals surface area (Å²) in [6.07, 6.45) is 2.67. The van der Waals surface area contributed by atoms with Crippen LogP contribution in [0.25, 0.3) is 10.8 Å². The predicted molar refractivity (Wildman–Crippen MR) is 117 cm³/mol. The molecule has 2 aromatic carbocycles. The van der Waals surface area contributed by atoms with E-state index in [1.807, 2.05) is 30.3 Å². The van der Waals surface area contributed by atoms with Gasteiger partial charge < -0.3 is 13.7 Å². The molecule has 0 amide bonds. The molecule has 0 unspecified atom stereocenters. The zero-order valence-corrected chi connectivity index (χ0v) is 19.4. The van der Waals surface area contributed by atoms with Gasteiger partial charge in [0.2, 0.25) is 0 Å². The number of hydrogen-bond donors (Lipinski definition) is 1. The quantitative estimate of drug-likeness (QED) is 0.214. The number of pyridine rings is 1. The lowest BCUT2D eigenvalue weighted by atomic mass is 10.0. The van der Waals surface area contributed by atoms with E-state index in [0.29, 0.717) is 18.2 Å². The number of alkyl halides is 3. The van der Waals surface area contributed by atoms with Crippen LogP contribution in [-0.4, -0.2) is 52.0 Å². The van der Waals surface area contributed by atoms with Crippen molar-refractivity contribution in [3.63, 3.8) is 0 Å². The minimum atomic E-state index is -5.79. The van der Waals surface area contributed by atoms with Crippen molar-refractivity contribution in [1.29, 1.82) is 0 Å². The number of aromatic nitrogens is 1. The molecule has 0 bridgehead atoms. The molecule has 0 fully saturated rings. The zero-order chi connectivity index (χ0) is 25.6. The van der Waals surface area contributed by atoms with Crippen LogP contribution in [0.4, 0.5) is 13.2 Å². The lowest BCUT2D eigenvalue weighted by Gasteiger charge is -2.14. The summed E-state index contributed by atoms with van der Waals surface area (Å²) in [5.74, 6) is -0.403. The first-order valence-electron chi connectivity index (χ1n) is 9.22. The molecule has 14 heteroatoms. The third kappa shape index (κ3) is 8.13. The van der Waals surface area contributed by atoms with Gasteiger partial charge in [0.1, 0.15) is 11.5 Å².